The molecule has 8 nitrogen and oxygen atoms in total. The Bertz CT molecular complexity index is 639. The van der Waals surface area contributed by atoms with Gasteiger partial charge in [0.1, 0.15) is 5.75 Å². The summed E-state index contributed by atoms with van der Waals surface area (Å²) in [6.07, 6.45) is 1.45. The molecule has 0 atom stereocenters. The van der Waals surface area contributed by atoms with E-state index in [9.17, 15) is 14.4 Å². The summed E-state index contributed by atoms with van der Waals surface area (Å²) in [5, 5.41) is 2.78. The van der Waals surface area contributed by atoms with Crippen molar-refractivity contribution in [2.24, 2.45) is 0 Å². The molecule has 8 heteroatoms. The number of unbranched alkanes of at least 4 members (excludes halogenated alkanes) is 1. The highest BCUT2D eigenvalue weighted by molar-refractivity contribution is 5.98. The fourth-order valence-electron chi connectivity index (χ4n) is 2.67. The van der Waals surface area contributed by atoms with Crippen LogP contribution in [0.1, 0.15) is 19.8 Å². The molecule has 1 N–H and O–H groups in total. The first-order valence-corrected chi connectivity index (χ1v) is 8.36. The van der Waals surface area contributed by atoms with Gasteiger partial charge < -0.3 is 19.7 Å². The maximum atomic E-state index is 12.2. The van der Waals surface area contributed by atoms with E-state index >= 15 is 0 Å². The Labute approximate surface area is 145 Å². The van der Waals surface area contributed by atoms with Gasteiger partial charge in [-0.05, 0) is 30.7 Å². The second-order valence-electron chi connectivity index (χ2n) is 6.03. The van der Waals surface area contributed by atoms with Gasteiger partial charge in [-0.25, -0.2) is 14.5 Å². The quantitative estimate of drug-likeness (QED) is 0.796. The molecule has 1 aromatic carbocycles. The van der Waals surface area contributed by atoms with Gasteiger partial charge in [0.2, 0.25) is 0 Å². The highest BCUT2D eigenvalue weighted by Gasteiger charge is 2.44. The number of carbonyl (C=O) groups excluding carboxylic acids is 3. The number of imide groups is 1. The van der Waals surface area contributed by atoms with Crippen molar-refractivity contribution in [2.75, 3.05) is 31.6 Å². The Morgan fingerprint density at radius 2 is 2.00 bits per heavy atom. The van der Waals surface area contributed by atoms with Crippen LogP contribution in [-0.2, 0) is 9.53 Å². The third-order valence-corrected chi connectivity index (χ3v) is 4.17. The molecular formula is C17H21N3O5. The standard InChI is InChI=1S/C17H21N3O5/c1-2-3-8-24-14-6-4-12(5-7-14)18-16(22)19-9-13(10-19)20-15(21)11-25-17(20)23/h4-7,13H,2-3,8-11H2,1H3,(H,18,22). The molecule has 0 unspecified atom stereocenters. The Balaban J connectivity index is 1.46. The Morgan fingerprint density at radius 1 is 1.28 bits per heavy atom. The number of carbonyl (C=O) groups is 3. The summed E-state index contributed by atoms with van der Waals surface area (Å²) in [4.78, 5) is 37.8. The van der Waals surface area contributed by atoms with Gasteiger partial charge in [0.15, 0.2) is 6.61 Å². The zero-order chi connectivity index (χ0) is 17.8. The summed E-state index contributed by atoms with van der Waals surface area (Å²) < 4.78 is 10.3. The van der Waals surface area contributed by atoms with Crippen molar-refractivity contribution in [3.8, 4) is 5.75 Å². The lowest BCUT2D eigenvalue weighted by Crippen LogP contribution is -2.63. The van der Waals surface area contributed by atoms with Crippen LogP contribution >= 0.6 is 0 Å². The van der Waals surface area contributed by atoms with Crippen LogP contribution in [0.5, 0.6) is 5.75 Å². The molecular weight excluding hydrogens is 326 g/mol. The number of nitrogens with one attached hydrogen (secondary N) is 1. The van der Waals surface area contributed by atoms with Crippen molar-refractivity contribution in [1.82, 2.24) is 9.80 Å². The molecule has 134 valence electrons. The van der Waals surface area contributed by atoms with Gasteiger partial charge >= 0.3 is 12.1 Å². The summed E-state index contributed by atoms with van der Waals surface area (Å²) >= 11 is 0. The van der Waals surface area contributed by atoms with Crippen molar-refractivity contribution in [1.29, 1.82) is 0 Å². The number of amides is 4. The summed E-state index contributed by atoms with van der Waals surface area (Å²) in [7, 11) is 0. The van der Waals surface area contributed by atoms with E-state index in [0.29, 0.717) is 25.4 Å². The maximum absolute atomic E-state index is 12.2. The van der Waals surface area contributed by atoms with E-state index in [-0.39, 0.29) is 24.6 Å². The van der Waals surface area contributed by atoms with Crippen molar-refractivity contribution >= 4 is 23.7 Å². The van der Waals surface area contributed by atoms with Gasteiger partial charge in [0.25, 0.3) is 5.91 Å². The monoisotopic (exact) mass is 347 g/mol. The smallest absolute Gasteiger partial charge is 0.417 e. The molecule has 2 fully saturated rings. The fraction of sp³-hybridized carbons (Fsp3) is 0.471. The first-order chi connectivity index (χ1) is 12.1. The van der Waals surface area contributed by atoms with Crippen LogP contribution in [-0.4, -0.2) is 60.2 Å². The van der Waals surface area contributed by atoms with Gasteiger partial charge in [0, 0.05) is 18.8 Å². The highest BCUT2D eigenvalue weighted by atomic mass is 16.6. The SMILES string of the molecule is CCCCOc1ccc(NC(=O)N2CC(N3C(=O)COC3=O)C2)cc1. The van der Waals surface area contributed by atoms with E-state index in [2.05, 4.69) is 17.0 Å². The minimum absolute atomic E-state index is 0.214. The predicted molar refractivity (Wildman–Crippen MR) is 89.4 cm³/mol. The molecule has 2 aliphatic heterocycles. The van der Waals surface area contributed by atoms with Crippen LogP contribution < -0.4 is 10.1 Å². The van der Waals surface area contributed by atoms with Crippen molar-refractivity contribution < 1.29 is 23.9 Å². The van der Waals surface area contributed by atoms with E-state index in [1.54, 1.807) is 12.1 Å². The number of nitrogens with zero attached hydrogens (tertiary/aromatic N) is 2. The second-order valence-corrected chi connectivity index (χ2v) is 6.03. The maximum Gasteiger partial charge on any atom is 0.417 e. The second kappa shape index (κ2) is 7.42. The number of hydrogen-bond donors (Lipinski definition) is 1. The van der Waals surface area contributed by atoms with Crippen LogP contribution in [0.4, 0.5) is 15.3 Å². The average molecular weight is 347 g/mol. The minimum atomic E-state index is -0.631. The molecule has 0 spiro atoms. The molecule has 0 aromatic heterocycles. The predicted octanol–water partition coefficient (Wildman–Crippen LogP) is 2.06. The molecule has 0 aliphatic carbocycles. The summed E-state index contributed by atoms with van der Waals surface area (Å²) in [6.45, 7) is 3.18. The topological polar surface area (TPSA) is 88.2 Å². The van der Waals surface area contributed by atoms with E-state index in [0.717, 1.165) is 23.5 Å². The number of urea groups is 1. The zero-order valence-electron chi connectivity index (χ0n) is 14.1. The van der Waals surface area contributed by atoms with Crippen molar-refractivity contribution in [3.63, 3.8) is 0 Å². The van der Waals surface area contributed by atoms with Gasteiger partial charge in [-0.2, -0.15) is 0 Å². The number of anilines is 1. The highest BCUT2D eigenvalue weighted by Crippen LogP contribution is 2.21. The third kappa shape index (κ3) is 3.84. The van der Waals surface area contributed by atoms with Crippen LogP contribution in [0.3, 0.4) is 0 Å². The van der Waals surface area contributed by atoms with Gasteiger partial charge in [-0.15, -0.1) is 0 Å². The fourth-order valence-corrected chi connectivity index (χ4v) is 2.67. The third-order valence-electron chi connectivity index (χ3n) is 4.17. The molecule has 2 saturated heterocycles. The number of cyclic esters (lactones) is 1. The molecule has 0 saturated carbocycles. The lowest BCUT2D eigenvalue weighted by atomic mass is 10.1. The van der Waals surface area contributed by atoms with Crippen molar-refractivity contribution in [3.05, 3.63) is 24.3 Å². The molecule has 3 rings (SSSR count). The first-order valence-electron chi connectivity index (χ1n) is 8.36. The molecule has 25 heavy (non-hydrogen) atoms. The largest absolute Gasteiger partial charge is 0.494 e. The Morgan fingerprint density at radius 3 is 2.60 bits per heavy atom. The molecule has 4 amide bonds. The van der Waals surface area contributed by atoms with Crippen LogP contribution in [0.25, 0.3) is 0 Å². The molecule has 1 aromatic rings. The molecule has 2 heterocycles. The zero-order valence-corrected chi connectivity index (χ0v) is 14.1. The van der Waals surface area contributed by atoms with Gasteiger partial charge in [-0.3, -0.25) is 4.79 Å². The summed E-state index contributed by atoms with van der Waals surface area (Å²) in [5.74, 6) is 0.412. The van der Waals surface area contributed by atoms with Crippen LogP contribution in [0, 0.1) is 0 Å². The number of benzene rings is 1. The lowest BCUT2D eigenvalue weighted by Gasteiger charge is -2.41. The summed E-state index contributed by atoms with van der Waals surface area (Å²) in [5.41, 5.74) is 0.660. The van der Waals surface area contributed by atoms with Crippen LogP contribution in [0.15, 0.2) is 24.3 Å². The van der Waals surface area contributed by atoms with Crippen LogP contribution in [0.2, 0.25) is 0 Å². The number of hydrogen-bond acceptors (Lipinski definition) is 5. The lowest BCUT2D eigenvalue weighted by molar-refractivity contribution is -0.129. The average Bonchev–Trinajstić information content (AvgIpc) is 2.88. The van der Waals surface area contributed by atoms with Gasteiger partial charge in [-0.1, -0.05) is 13.3 Å². The van der Waals surface area contributed by atoms with E-state index in [4.69, 9.17) is 4.74 Å². The number of rotatable bonds is 6. The molecule has 0 radical (unpaired) electrons. The first kappa shape index (κ1) is 17.1. The molecule has 0 bridgehead atoms. The summed E-state index contributed by atoms with van der Waals surface area (Å²) in [6, 6.07) is 6.60. The molecule has 2 aliphatic rings. The number of likely N-dealkylation sites (tertiary alicyclic amines) is 1. The normalized spacial score (nSPS) is 17.3. The Hall–Kier alpha value is -2.77. The Kier molecular flexibility index (Phi) is 5.06. The van der Waals surface area contributed by atoms with Crippen molar-refractivity contribution in [2.45, 2.75) is 25.8 Å². The minimum Gasteiger partial charge on any atom is -0.494 e. The van der Waals surface area contributed by atoms with Gasteiger partial charge in [0.05, 0.1) is 12.6 Å². The van der Waals surface area contributed by atoms with E-state index in [1.807, 2.05) is 12.1 Å². The number of ether oxygens (including phenoxy) is 2. The van der Waals surface area contributed by atoms with E-state index < -0.39 is 6.09 Å². The van der Waals surface area contributed by atoms with E-state index in [1.165, 1.54) is 4.90 Å².